The summed E-state index contributed by atoms with van der Waals surface area (Å²) in [4.78, 5) is 0. The standard InChI is InChI=1S/C13H14ClN3O2/c1-18-11-5-7(14)4-9(10-6-12(15)17-16-10)13(11)19-8-2-3-8/h4-6,8H,2-3H2,1H3,(H3,15,16,17). The maximum atomic E-state index is 6.11. The number of halogens is 1. The molecule has 1 aliphatic carbocycles. The quantitative estimate of drug-likeness (QED) is 0.902. The summed E-state index contributed by atoms with van der Waals surface area (Å²) in [5.74, 6) is 1.71. The molecule has 1 heterocycles. The number of ether oxygens (including phenoxy) is 2. The lowest BCUT2D eigenvalue weighted by Crippen LogP contribution is -2.01. The molecule has 2 aromatic rings. The number of hydrogen-bond acceptors (Lipinski definition) is 4. The van der Waals surface area contributed by atoms with Gasteiger partial charge in [0.25, 0.3) is 0 Å². The van der Waals surface area contributed by atoms with Crippen LogP contribution in [0.2, 0.25) is 5.02 Å². The molecular weight excluding hydrogens is 266 g/mol. The van der Waals surface area contributed by atoms with Gasteiger partial charge in [0.1, 0.15) is 5.82 Å². The highest BCUT2D eigenvalue weighted by Crippen LogP contribution is 2.43. The van der Waals surface area contributed by atoms with Gasteiger partial charge in [0.15, 0.2) is 11.5 Å². The van der Waals surface area contributed by atoms with E-state index in [4.69, 9.17) is 26.8 Å². The topological polar surface area (TPSA) is 73.2 Å². The second-order valence-corrected chi connectivity index (χ2v) is 4.94. The van der Waals surface area contributed by atoms with Crippen LogP contribution in [0.3, 0.4) is 0 Å². The lowest BCUT2D eigenvalue weighted by atomic mass is 10.1. The number of nitrogen functional groups attached to an aromatic ring is 1. The van der Waals surface area contributed by atoms with Crippen LogP contribution in [0.25, 0.3) is 11.3 Å². The van der Waals surface area contributed by atoms with Gasteiger partial charge >= 0.3 is 0 Å². The molecule has 1 fully saturated rings. The minimum atomic E-state index is 0.258. The van der Waals surface area contributed by atoms with Gasteiger partial charge in [0, 0.05) is 22.7 Å². The third kappa shape index (κ3) is 2.46. The van der Waals surface area contributed by atoms with E-state index in [9.17, 15) is 0 Å². The first-order chi connectivity index (χ1) is 9.17. The van der Waals surface area contributed by atoms with Crippen LogP contribution in [0.4, 0.5) is 5.82 Å². The number of nitrogens with zero attached hydrogens (tertiary/aromatic N) is 1. The summed E-state index contributed by atoms with van der Waals surface area (Å²) in [5, 5.41) is 7.36. The molecule has 1 saturated carbocycles. The molecule has 1 aromatic heterocycles. The van der Waals surface area contributed by atoms with E-state index >= 15 is 0 Å². The molecule has 1 aliphatic rings. The van der Waals surface area contributed by atoms with E-state index in [1.165, 1.54) is 0 Å². The van der Waals surface area contributed by atoms with E-state index in [0.717, 1.165) is 24.1 Å². The SMILES string of the molecule is COc1cc(Cl)cc(-c2cc(N)n[nH]2)c1OC1CC1. The van der Waals surface area contributed by atoms with Crippen LogP contribution >= 0.6 is 11.6 Å². The molecule has 0 unspecified atom stereocenters. The van der Waals surface area contributed by atoms with Crippen molar-refractivity contribution >= 4 is 17.4 Å². The van der Waals surface area contributed by atoms with Crippen molar-refractivity contribution in [3.8, 4) is 22.8 Å². The van der Waals surface area contributed by atoms with E-state index in [1.807, 2.05) is 6.07 Å². The number of hydrogen-bond donors (Lipinski definition) is 2. The van der Waals surface area contributed by atoms with Crippen LogP contribution in [0.5, 0.6) is 11.5 Å². The van der Waals surface area contributed by atoms with Crippen LogP contribution in [0.15, 0.2) is 18.2 Å². The van der Waals surface area contributed by atoms with Gasteiger partial charge in [0.2, 0.25) is 0 Å². The zero-order valence-corrected chi connectivity index (χ0v) is 11.2. The summed E-state index contributed by atoms with van der Waals surface area (Å²) < 4.78 is 11.3. The first-order valence-electron chi connectivity index (χ1n) is 6.03. The molecule has 5 nitrogen and oxygen atoms in total. The van der Waals surface area contributed by atoms with Gasteiger partial charge in [-0.1, -0.05) is 11.6 Å². The summed E-state index contributed by atoms with van der Waals surface area (Å²) in [6, 6.07) is 5.29. The monoisotopic (exact) mass is 279 g/mol. The third-order valence-corrected chi connectivity index (χ3v) is 3.15. The number of aromatic amines is 1. The van der Waals surface area contributed by atoms with Crippen LogP contribution in [0, 0.1) is 0 Å². The lowest BCUT2D eigenvalue weighted by Gasteiger charge is -2.14. The van der Waals surface area contributed by atoms with Gasteiger partial charge in [-0.15, -0.1) is 0 Å². The van der Waals surface area contributed by atoms with E-state index in [1.54, 1.807) is 19.2 Å². The highest BCUT2D eigenvalue weighted by molar-refractivity contribution is 6.31. The van der Waals surface area contributed by atoms with Gasteiger partial charge < -0.3 is 15.2 Å². The molecule has 3 rings (SSSR count). The molecule has 0 atom stereocenters. The predicted molar refractivity (Wildman–Crippen MR) is 73.6 cm³/mol. The average molecular weight is 280 g/mol. The van der Waals surface area contributed by atoms with Crippen LogP contribution in [-0.2, 0) is 0 Å². The number of nitrogens with two attached hydrogens (primary N) is 1. The van der Waals surface area contributed by atoms with Crippen molar-refractivity contribution in [3.05, 3.63) is 23.2 Å². The summed E-state index contributed by atoms with van der Waals surface area (Å²) >= 11 is 6.11. The number of nitrogens with one attached hydrogen (secondary N) is 1. The molecular formula is C13H14ClN3O2. The number of H-pyrrole nitrogens is 1. The van der Waals surface area contributed by atoms with Crippen molar-refractivity contribution in [1.29, 1.82) is 0 Å². The van der Waals surface area contributed by atoms with Crippen LogP contribution in [-0.4, -0.2) is 23.4 Å². The largest absolute Gasteiger partial charge is 0.493 e. The predicted octanol–water partition coefficient (Wildman–Crippen LogP) is 2.86. The van der Waals surface area contributed by atoms with E-state index in [2.05, 4.69) is 10.2 Å². The minimum Gasteiger partial charge on any atom is -0.493 e. The second kappa shape index (κ2) is 4.66. The van der Waals surface area contributed by atoms with Crippen molar-refractivity contribution in [2.75, 3.05) is 12.8 Å². The molecule has 1 aromatic carbocycles. The summed E-state index contributed by atoms with van der Waals surface area (Å²) in [7, 11) is 1.59. The fourth-order valence-electron chi connectivity index (χ4n) is 1.87. The average Bonchev–Trinajstić information content (AvgIpc) is 3.11. The lowest BCUT2D eigenvalue weighted by molar-refractivity contribution is 0.283. The van der Waals surface area contributed by atoms with Crippen LogP contribution < -0.4 is 15.2 Å². The number of aromatic nitrogens is 2. The highest BCUT2D eigenvalue weighted by Gasteiger charge is 2.27. The molecule has 0 radical (unpaired) electrons. The van der Waals surface area contributed by atoms with Crippen molar-refractivity contribution in [2.24, 2.45) is 0 Å². The highest BCUT2D eigenvalue weighted by atomic mass is 35.5. The van der Waals surface area contributed by atoms with Gasteiger partial charge in [0.05, 0.1) is 18.9 Å². The van der Waals surface area contributed by atoms with Crippen molar-refractivity contribution < 1.29 is 9.47 Å². The number of rotatable bonds is 4. The fourth-order valence-corrected chi connectivity index (χ4v) is 2.08. The Morgan fingerprint density at radius 1 is 1.37 bits per heavy atom. The summed E-state index contributed by atoms with van der Waals surface area (Å²) in [6.07, 6.45) is 2.39. The number of anilines is 1. The van der Waals surface area contributed by atoms with Crippen molar-refractivity contribution in [1.82, 2.24) is 10.2 Å². The Balaban J connectivity index is 2.11. The summed E-state index contributed by atoms with van der Waals surface area (Å²) in [5.41, 5.74) is 7.21. The fraction of sp³-hybridized carbons (Fsp3) is 0.308. The molecule has 0 amide bonds. The van der Waals surface area contributed by atoms with E-state index in [-0.39, 0.29) is 6.10 Å². The maximum absolute atomic E-state index is 6.11. The molecule has 3 N–H and O–H groups in total. The Bertz CT molecular complexity index is 608. The first-order valence-corrected chi connectivity index (χ1v) is 6.40. The Hall–Kier alpha value is -1.88. The van der Waals surface area contributed by atoms with Gasteiger partial charge in [-0.2, -0.15) is 5.10 Å². The molecule has 0 bridgehead atoms. The molecule has 6 heteroatoms. The van der Waals surface area contributed by atoms with E-state index < -0.39 is 0 Å². The molecule has 100 valence electrons. The normalized spacial score (nSPS) is 14.4. The minimum absolute atomic E-state index is 0.258. The number of benzene rings is 1. The van der Waals surface area contributed by atoms with Gasteiger partial charge in [-0.25, -0.2) is 0 Å². The van der Waals surface area contributed by atoms with Gasteiger partial charge in [-0.05, 0) is 18.9 Å². The zero-order valence-electron chi connectivity index (χ0n) is 10.4. The molecule has 19 heavy (non-hydrogen) atoms. The molecule has 0 aliphatic heterocycles. The first kappa shape index (κ1) is 12.2. The maximum Gasteiger partial charge on any atom is 0.171 e. The Kier molecular flexibility index (Phi) is 2.98. The smallest absolute Gasteiger partial charge is 0.171 e. The zero-order chi connectivity index (χ0) is 13.4. The van der Waals surface area contributed by atoms with E-state index in [0.29, 0.717) is 22.3 Å². The number of methoxy groups -OCH3 is 1. The Labute approximate surface area is 115 Å². The van der Waals surface area contributed by atoms with Crippen molar-refractivity contribution in [2.45, 2.75) is 18.9 Å². The molecule has 0 saturated heterocycles. The Morgan fingerprint density at radius 2 is 2.16 bits per heavy atom. The van der Waals surface area contributed by atoms with Crippen LogP contribution in [0.1, 0.15) is 12.8 Å². The third-order valence-electron chi connectivity index (χ3n) is 2.94. The Morgan fingerprint density at radius 3 is 2.74 bits per heavy atom. The second-order valence-electron chi connectivity index (χ2n) is 4.51. The summed E-state index contributed by atoms with van der Waals surface area (Å²) in [6.45, 7) is 0. The molecule has 0 spiro atoms. The van der Waals surface area contributed by atoms with Gasteiger partial charge in [-0.3, -0.25) is 5.10 Å². The van der Waals surface area contributed by atoms with Crippen molar-refractivity contribution in [3.63, 3.8) is 0 Å².